The molecule has 0 aliphatic rings. The summed E-state index contributed by atoms with van der Waals surface area (Å²) in [6, 6.07) is 15.1. The number of nitrogens with one attached hydrogen (secondary N) is 2. The van der Waals surface area contributed by atoms with Gasteiger partial charge in [0.2, 0.25) is 6.54 Å². The monoisotopic (exact) mass is 434 g/mol. The first kappa shape index (κ1) is 22.2. The van der Waals surface area contributed by atoms with Gasteiger partial charge in [0.25, 0.3) is 5.91 Å². The van der Waals surface area contributed by atoms with E-state index < -0.39 is 6.47 Å². The number of nitrogens with zero attached hydrogens (tertiary/aromatic N) is 4. The molecular formula is C22H22N6O4. The van der Waals surface area contributed by atoms with Crippen LogP contribution in [0.15, 0.2) is 67.1 Å². The number of carbonyl (C=O) groups excluding carboxylic acids is 2. The Balaban J connectivity index is 0.000000913. The molecule has 4 aromatic rings. The van der Waals surface area contributed by atoms with E-state index in [1.807, 2.05) is 61.9 Å². The van der Waals surface area contributed by atoms with Gasteiger partial charge in [-0.05, 0) is 24.3 Å². The Kier molecular flexibility index (Phi) is 7.31. The number of ether oxygens (including phenoxy) is 1. The van der Waals surface area contributed by atoms with Gasteiger partial charge in [-0.3, -0.25) is 4.79 Å². The Morgan fingerprint density at radius 3 is 2.59 bits per heavy atom. The first-order valence-corrected chi connectivity index (χ1v) is 9.60. The lowest BCUT2D eigenvalue weighted by Gasteiger charge is -2.09. The summed E-state index contributed by atoms with van der Waals surface area (Å²) in [5, 5.41) is 18.6. The molecule has 2 N–H and O–H groups in total. The van der Waals surface area contributed by atoms with E-state index in [4.69, 9.17) is 14.6 Å². The number of rotatable bonds is 6. The first-order chi connectivity index (χ1) is 15.6. The molecule has 10 nitrogen and oxygen atoms in total. The molecule has 1 aromatic carbocycles. The molecular weight excluding hydrogens is 412 g/mol. The molecule has 0 fully saturated rings. The third-order valence-electron chi connectivity index (χ3n) is 4.51. The highest BCUT2D eigenvalue weighted by Crippen LogP contribution is 2.25. The maximum atomic E-state index is 12.4. The van der Waals surface area contributed by atoms with Crippen molar-refractivity contribution >= 4 is 34.9 Å². The number of aromatic nitrogens is 4. The summed E-state index contributed by atoms with van der Waals surface area (Å²) in [6.07, 6.45) is 5.36. The minimum absolute atomic E-state index is 0.156. The fourth-order valence-corrected chi connectivity index (χ4v) is 3.06. The standard InChI is InChI=1S/C21H20N6O2.CH2O2/c1-22-15-9-11-26(12-10-15)14-21(28)25-20-8-7-17-16(24-20)13-23-27(17)18-5-3-4-6-19(18)29-2;2-1-3/h3-13H,14H2,1-2H3,(H,24,25,28);1H,(H,2,3). The predicted octanol–water partition coefficient (Wildman–Crippen LogP) is 0.763. The molecule has 3 aromatic heterocycles. The zero-order valence-corrected chi connectivity index (χ0v) is 17.6. The topological polar surface area (TPSA) is 125 Å². The van der Waals surface area contributed by atoms with Gasteiger partial charge in [0, 0.05) is 31.3 Å². The van der Waals surface area contributed by atoms with Crippen LogP contribution in [0.4, 0.5) is 11.5 Å². The van der Waals surface area contributed by atoms with Crippen molar-refractivity contribution in [3.63, 3.8) is 0 Å². The Hall–Kier alpha value is -4.47. The molecule has 1 amide bonds. The highest BCUT2D eigenvalue weighted by molar-refractivity contribution is 5.90. The summed E-state index contributed by atoms with van der Waals surface area (Å²) in [5.74, 6) is 1.04. The van der Waals surface area contributed by atoms with Crippen LogP contribution in [0.1, 0.15) is 0 Å². The van der Waals surface area contributed by atoms with E-state index >= 15 is 0 Å². The van der Waals surface area contributed by atoms with Crippen LogP contribution >= 0.6 is 0 Å². The van der Waals surface area contributed by atoms with E-state index in [0.29, 0.717) is 11.3 Å². The molecule has 10 heteroatoms. The van der Waals surface area contributed by atoms with E-state index in [1.54, 1.807) is 28.6 Å². The summed E-state index contributed by atoms with van der Waals surface area (Å²) in [4.78, 5) is 25.1. The summed E-state index contributed by atoms with van der Waals surface area (Å²) >= 11 is 0. The van der Waals surface area contributed by atoms with Crippen LogP contribution in [0.3, 0.4) is 0 Å². The van der Waals surface area contributed by atoms with Gasteiger partial charge in [0.1, 0.15) is 22.8 Å². The van der Waals surface area contributed by atoms with Crippen molar-refractivity contribution in [1.82, 2.24) is 14.8 Å². The molecule has 0 aliphatic heterocycles. The number of hydrogen-bond donors (Lipinski definition) is 2. The van der Waals surface area contributed by atoms with Crippen LogP contribution in [0.2, 0.25) is 0 Å². The van der Waals surface area contributed by atoms with Gasteiger partial charge in [0.15, 0.2) is 12.4 Å². The second-order valence-corrected chi connectivity index (χ2v) is 6.48. The number of para-hydroxylation sites is 2. The highest BCUT2D eigenvalue weighted by Gasteiger charge is 2.13. The Morgan fingerprint density at radius 2 is 1.91 bits per heavy atom. The molecule has 0 atom stereocenters. The quantitative estimate of drug-likeness (QED) is 0.339. The molecule has 0 saturated carbocycles. The number of methoxy groups -OCH3 is 1. The zero-order valence-electron chi connectivity index (χ0n) is 17.6. The maximum absolute atomic E-state index is 12.4. The van der Waals surface area contributed by atoms with E-state index in [0.717, 1.165) is 22.6 Å². The van der Waals surface area contributed by atoms with Crippen molar-refractivity contribution in [2.24, 2.45) is 0 Å². The molecule has 0 spiro atoms. The Labute approximate surface area is 184 Å². The number of amides is 1. The normalized spacial score (nSPS) is 10.1. The first-order valence-electron chi connectivity index (χ1n) is 9.60. The van der Waals surface area contributed by atoms with Crippen molar-refractivity contribution in [2.75, 3.05) is 24.8 Å². The number of hydrogen-bond acceptors (Lipinski definition) is 7. The van der Waals surface area contributed by atoms with Gasteiger partial charge in [-0.2, -0.15) is 9.67 Å². The molecule has 3 heterocycles. The summed E-state index contributed by atoms with van der Waals surface area (Å²) < 4.78 is 8.99. The van der Waals surface area contributed by atoms with Gasteiger partial charge < -0.3 is 25.3 Å². The lowest BCUT2D eigenvalue weighted by molar-refractivity contribution is -0.684. The van der Waals surface area contributed by atoms with Gasteiger partial charge in [0.05, 0.1) is 18.8 Å². The van der Waals surface area contributed by atoms with Gasteiger partial charge >= 0.3 is 0 Å². The minimum atomic E-state index is -0.500. The molecule has 0 aliphatic carbocycles. The van der Waals surface area contributed by atoms with Crippen LogP contribution in [0.5, 0.6) is 5.75 Å². The molecule has 0 unspecified atom stereocenters. The van der Waals surface area contributed by atoms with E-state index in [1.165, 1.54) is 0 Å². The summed E-state index contributed by atoms with van der Waals surface area (Å²) in [6.45, 7) is -0.301. The van der Waals surface area contributed by atoms with Crippen LogP contribution in [-0.2, 0) is 16.1 Å². The summed E-state index contributed by atoms with van der Waals surface area (Å²) in [5.41, 5.74) is 3.31. The number of carbonyl (C=O) groups is 2. The third-order valence-corrected chi connectivity index (χ3v) is 4.51. The highest BCUT2D eigenvalue weighted by atomic mass is 16.5. The number of fused-ring (bicyclic) bond motifs is 1. The Bertz CT molecular complexity index is 1210. The van der Waals surface area contributed by atoms with Gasteiger partial charge in [-0.25, -0.2) is 9.67 Å². The van der Waals surface area contributed by atoms with Gasteiger partial charge in [-0.1, -0.05) is 12.1 Å². The SMILES string of the molecule is CNc1cc[n+](CC(=O)Nc2ccc3c(cnn3-c3ccccc3OC)n2)cc1.O=C[O-]. The van der Waals surface area contributed by atoms with Gasteiger partial charge in [-0.15, -0.1) is 0 Å². The van der Waals surface area contributed by atoms with E-state index in [-0.39, 0.29) is 12.5 Å². The maximum Gasteiger partial charge on any atom is 0.291 e. The van der Waals surface area contributed by atoms with Crippen molar-refractivity contribution in [1.29, 1.82) is 0 Å². The zero-order chi connectivity index (χ0) is 22.9. The summed E-state index contributed by atoms with van der Waals surface area (Å²) in [7, 11) is 3.48. The molecule has 0 saturated heterocycles. The van der Waals surface area contributed by atoms with Crippen LogP contribution in [-0.4, -0.2) is 41.3 Å². The second kappa shape index (κ2) is 10.5. The van der Waals surface area contributed by atoms with Crippen LogP contribution < -0.4 is 25.0 Å². The lowest BCUT2D eigenvalue weighted by atomic mass is 10.3. The predicted molar refractivity (Wildman–Crippen MR) is 116 cm³/mol. The van der Waals surface area contributed by atoms with Crippen molar-refractivity contribution in [3.8, 4) is 11.4 Å². The fraction of sp³-hybridized carbons (Fsp3) is 0.136. The fourth-order valence-electron chi connectivity index (χ4n) is 3.06. The average molecular weight is 434 g/mol. The molecule has 0 bridgehead atoms. The third kappa shape index (κ3) is 5.17. The van der Waals surface area contributed by atoms with Crippen molar-refractivity contribution < 1.29 is 24.0 Å². The molecule has 0 radical (unpaired) electrons. The van der Waals surface area contributed by atoms with Crippen LogP contribution in [0, 0.1) is 0 Å². The lowest BCUT2D eigenvalue weighted by Crippen LogP contribution is -2.39. The number of pyridine rings is 2. The number of carboxylic acid groups (broad SMARTS) is 1. The van der Waals surface area contributed by atoms with E-state index in [2.05, 4.69) is 20.7 Å². The number of benzene rings is 1. The smallest absolute Gasteiger partial charge is 0.291 e. The molecule has 4 rings (SSSR count). The molecule has 164 valence electrons. The van der Waals surface area contributed by atoms with Crippen molar-refractivity contribution in [2.45, 2.75) is 6.54 Å². The molecule has 32 heavy (non-hydrogen) atoms. The average Bonchev–Trinajstić information content (AvgIpc) is 3.23. The van der Waals surface area contributed by atoms with E-state index in [9.17, 15) is 4.79 Å². The number of anilines is 2. The Morgan fingerprint density at radius 1 is 1.19 bits per heavy atom. The second-order valence-electron chi connectivity index (χ2n) is 6.48. The van der Waals surface area contributed by atoms with Crippen LogP contribution in [0.25, 0.3) is 16.7 Å². The minimum Gasteiger partial charge on any atom is -0.554 e. The largest absolute Gasteiger partial charge is 0.554 e. The van der Waals surface area contributed by atoms with Crippen molar-refractivity contribution in [3.05, 3.63) is 67.1 Å².